The highest BCUT2D eigenvalue weighted by Gasteiger charge is 2.04. The second-order valence-electron chi connectivity index (χ2n) is 2.43. The molecule has 0 aliphatic rings. The minimum absolute atomic E-state index is 0.108. The quantitative estimate of drug-likeness (QED) is 0.635. The van der Waals surface area contributed by atoms with Crippen molar-refractivity contribution in [2.75, 3.05) is 6.61 Å². The Hall–Kier alpha value is -1.16. The number of aromatic nitrogens is 2. The van der Waals surface area contributed by atoms with Crippen LogP contribution in [0.25, 0.3) is 0 Å². The van der Waals surface area contributed by atoms with Gasteiger partial charge in [-0.1, -0.05) is 0 Å². The summed E-state index contributed by atoms with van der Waals surface area (Å²) in [6.45, 7) is 4.43. The van der Waals surface area contributed by atoms with Crippen molar-refractivity contribution in [3.05, 3.63) is 18.0 Å². The maximum Gasteiger partial charge on any atom is 0.153 e. The van der Waals surface area contributed by atoms with Crippen molar-refractivity contribution < 1.29 is 9.53 Å². The summed E-state index contributed by atoms with van der Waals surface area (Å²) in [5, 5.41) is 3.97. The summed E-state index contributed by atoms with van der Waals surface area (Å²) in [6, 6.07) is 0. The van der Waals surface area contributed by atoms with E-state index >= 15 is 0 Å². The van der Waals surface area contributed by atoms with Crippen molar-refractivity contribution in [1.29, 1.82) is 0 Å². The number of carbonyl (C=O) groups is 1. The summed E-state index contributed by atoms with van der Waals surface area (Å²) in [4.78, 5) is 10.3. The van der Waals surface area contributed by atoms with E-state index in [1.165, 1.54) is 6.20 Å². The predicted molar refractivity (Wildman–Crippen MR) is 44.0 cm³/mol. The Balaban J connectivity index is 2.67. The Morgan fingerprint density at radius 3 is 3.08 bits per heavy atom. The molecule has 0 aliphatic heterocycles. The van der Waals surface area contributed by atoms with Crippen molar-refractivity contribution in [3.8, 4) is 0 Å². The summed E-state index contributed by atoms with van der Waals surface area (Å²) < 4.78 is 6.89. The first-order chi connectivity index (χ1) is 5.77. The second kappa shape index (κ2) is 4.01. The van der Waals surface area contributed by atoms with Gasteiger partial charge in [-0.05, 0) is 13.8 Å². The molecule has 4 heteroatoms. The van der Waals surface area contributed by atoms with Gasteiger partial charge in [0.15, 0.2) is 6.29 Å². The van der Waals surface area contributed by atoms with Crippen LogP contribution >= 0.6 is 0 Å². The molecule has 0 bridgehead atoms. The highest BCUT2D eigenvalue weighted by atomic mass is 16.5. The number of hydrogen-bond donors (Lipinski definition) is 0. The van der Waals surface area contributed by atoms with Gasteiger partial charge in [0, 0.05) is 12.8 Å². The van der Waals surface area contributed by atoms with Crippen molar-refractivity contribution in [2.45, 2.75) is 20.1 Å². The molecule has 4 nitrogen and oxygen atoms in total. The van der Waals surface area contributed by atoms with Crippen LogP contribution in [0.4, 0.5) is 0 Å². The van der Waals surface area contributed by atoms with Gasteiger partial charge < -0.3 is 4.74 Å². The van der Waals surface area contributed by atoms with Crippen molar-refractivity contribution in [2.24, 2.45) is 0 Å². The second-order valence-corrected chi connectivity index (χ2v) is 2.43. The zero-order chi connectivity index (χ0) is 8.97. The zero-order valence-corrected chi connectivity index (χ0v) is 7.23. The van der Waals surface area contributed by atoms with Gasteiger partial charge in [0.2, 0.25) is 0 Å². The fraction of sp³-hybridized carbons (Fsp3) is 0.500. The third-order valence-corrected chi connectivity index (χ3v) is 1.54. The van der Waals surface area contributed by atoms with E-state index in [9.17, 15) is 4.79 Å². The molecule has 1 heterocycles. The molecular weight excluding hydrogens is 156 g/mol. The number of nitrogens with zero attached hydrogens (tertiary/aromatic N) is 2. The molecule has 0 aromatic carbocycles. The molecule has 0 aliphatic carbocycles. The van der Waals surface area contributed by atoms with Gasteiger partial charge in [-0.2, -0.15) is 5.10 Å². The molecule has 12 heavy (non-hydrogen) atoms. The summed E-state index contributed by atoms with van der Waals surface area (Å²) in [7, 11) is 0. The highest BCUT2D eigenvalue weighted by molar-refractivity contribution is 5.73. The first-order valence-electron chi connectivity index (χ1n) is 3.89. The van der Waals surface area contributed by atoms with E-state index < -0.39 is 0 Å². The van der Waals surface area contributed by atoms with Crippen molar-refractivity contribution >= 4 is 6.29 Å². The Bertz CT molecular complexity index is 257. The molecule has 66 valence electrons. The van der Waals surface area contributed by atoms with Crippen LogP contribution in [0.3, 0.4) is 0 Å². The SMILES string of the molecule is CCO[C@@H](C)n1cc(C=O)cn1. The maximum atomic E-state index is 10.3. The molecule has 0 unspecified atom stereocenters. The van der Waals surface area contributed by atoms with E-state index in [2.05, 4.69) is 5.10 Å². The molecule has 1 rings (SSSR count). The summed E-state index contributed by atoms with van der Waals surface area (Å²) in [6.07, 6.45) is 3.83. The van der Waals surface area contributed by atoms with E-state index in [4.69, 9.17) is 4.74 Å². The number of rotatable bonds is 4. The van der Waals surface area contributed by atoms with Crippen LogP contribution < -0.4 is 0 Å². The molecule has 1 aromatic heterocycles. The van der Waals surface area contributed by atoms with Crippen LogP contribution in [0.2, 0.25) is 0 Å². The molecule has 0 spiro atoms. The lowest BCUT2D eigenvalue weighted by atomic mass is 10.4. The van der Waals surface area contributed by atoms with E-state index in [0.29, 0.717) is 12.2 Å². The Morgan fingerprint density at radius 2 is 2.58 bits per heavy atom. The Kier molecular flexibility index (Phi) is 2.99. The number of ether oxygens (including phenoxy) is 1. The van der Waals surface area contributed by atoms with E-state index in [0.717, 1.165) is 6.29 Å². The van der Waals surface area contributed by atoms with Crippen LogP contribution in [0.1, 0.15) is 30.4 Å². The number of hydrogen-bond acceptors (Lipinski definition) is 3. The summed E-state index contributed by atoms with van der Waals surface area (Å²) in [5.74, 6) is 0. The van der Waals surface area contributed by atoms with Gasteiger partial charge >= 0.3 is 0 Å². The molecule has 0 N–H and O–H groups in total. The summed E-state index contributed by atoms with van der Waals surface area (Å²) >= 11 is 0. The first kappa shape index (κ1) is 8.93. The van der Waals surface area contributed by atoms with Crippen LogP contribution in [-0.2, 0) is 4.74 Å². The van der Waals surface area contributed by atoms with Gasteiger partial charge in [-0.3, -0.25) is 4.79 Å². The van der Waals surface area contributed by atoms with Crippen molar-refractivity contribution in [3.63, 3.8) is 0 Å². The first-order valence-corrected chi connectivity index (χ1v) is 3.89. The maximum absolute atomic E-state index is 10.3. The minimum Gasteiger partial charge on any atom is -0.357 e. The zero-order valence-electron chi connectivity index (χ0n) is 7.23. The topological polar surface area (TPSA) is 44.1 Å². The largest absolute Gasteiger partial charge is 0.357 e. The molecular formula is C8H12N2O2. The predicted octanol–water partition coefficient (Wildman–Crippen LogP) is 1.25. The molecule has 0 saturated carbocycles. The lowest BCUT2D eigenvalue weighted by molar-refractivity contribution is 0.0159. The Morgan fingerprint density at radius 1 is 1.83 bits per heavy atom. The highest BCUT2D eigenvalue weighted by Crippen LogP contribution is 2.06. The third kappa shape index (κ3) is 1.92. The normalized spacial score (nSPS) is 12.8. The van der Waals surface area contributed by atoms with Gasteiger partial charge in [-0.25, -0.2) is 4.68 Å². The number of aldehydes is 1. The van der Waals surface area contributed by atoms with E-state index in [-0.39, 0.29) is 6.23 Å². The fourth-order valence-electron chi connectivity index (χ4n) is 0.930. The minimum atomic E-state index is -0.108. The standard InChI is InChI=1S/C8H12N2O2/c1-3-12-7(2)10-5-8(6-11)4-9-10/h4-7H,3H2,1-2H3/t7-/m0/s1. The smallest absolute Gasteiger partial charge is 0.153 e. The van der Waals surface area contributed by atoms with Crippen LogP contribution in [0.5, 0.6) is 0 Å². The van der Waals surface area contributed by atoms with Crippen LogP contribution in [-0.4, -0.2) is 22.7 Å². The number of carbonyl (C=O) groups excluding carboxylic acids is 1. The van der Waals surface area contributed by atoms with Crippen LogP contribution in [0.15, 0.2) is 12.4 Å². The molecule has 1 aromatic rings. The molecule has 1 atom stereocenters. The monoisotopic (exact) mass is 168 g/mol. The lowest BCUT2D eigenvalue weighted by Gasteiger charge is -2.10. The van der Waals surface area contributed by atoms with Gasteiger partial charge in [-0.15, -0.1) is 0 Å². The molecule has 0 fully saturated rings. The van der Waals surface area contributed by atoms with Gasteiger partial charge in [0.05, 0.1) is 11.8 Å². The van der Waals surface area contributed by atoms with Crippen LogP contribution in [0, 0.1) is 0 Å². The van der Waals surface area contributed by atoms with Crippen molar-refractivity contribution in [1.82, 2.24) is 9.78 Å². The van der Waals surface area contributed by atoms with E-state index in [1.807, 2.05) is 13.8 Å². The lowest BCUT2D eigenvalue weighted by Crippen LogP contribution is -2.09. The van der Waals surface area contributed by atoms with Gasteiger partial charge in [0.1, 0.15) is 6.23 Å². The Labute approximate surface area is 71.1 Å². The molecule has 0 radical (unpaired) electrons. The fourth-order valence-corrected chi connectivity index (χ4v) is 0.930. The summed E-state index contributed by atoms with van der Waals surface area (Å²) in [5.41, 5.74) is 0.571. The average Bonchev–Trinajstić information content (AvgIpc) is 2.52. The van der Waals surface area contributed by atoms with Gasteiger partial charge in [0.25, 0.3) is 0 Å². The molecule has 0 amide bonds. The third-order valence-electron chi connectivity index (χ3n) is 1.54. The molecule has 0 saturated heterocycles. The average molecular weight is 168 g/mol. The van der Waals surface area contributed by atoms with E-state index in [1.54, 1.807) is 10.9 Å².